The summed E-state index contributed by atoms with van der Waals surface area (Å²) >= 11 is 1.12. The van der Waals surface area contributed by atoms with E-state index >= 15 is 0 Å². The largest absolute Gasteiger partial charge is 0.272 e. The predicted molar refractivity (Wildman–Crippen MR) is 45.2 cm³/mol. The molecule has 0 aromatic carbocycles. The molecular formula is C6H9F2N3S. The van der Waals surface area contributed by atoms with E-state index < -0.39 is 12.5 Å². The van der Waals surface area contributed by atoms with Crippen LogP contribution in [-0.2, 0) is 0 Å². The SMILES string of the molecule is CSC(=NC(C)C(F)F)NC#N. The third-order valence-electron chi connectivity index (χ3n) is 1.04. The molecule has 0 rings (SSSR count). The molecule has 3 nitrogen and oxygen atoms in total. The van der Waals surface area contributed by atoms with Crippen LogP contribution in [0.25, 0.3) is 0 Å². The van der Waals surface area contributed by atoms with Gasteiger partial charge < -0.3 is 0 Å². The van der Waals surface area contributed by atoms with Crippen LogP contribution in [0.1, 0.15) is 6.92 Å². The predicted octanol–water partition coefficient (Wildman–Crippen LogP) is 1.43. The molecule has 6 heteroatoms. The maximum Gasteiger partial charge on any atom is 0.260 e. The normalized spacial score (nSPS) is 14.2. The minimum absolute atomic E-state index is 0.213. The summed E-state index contributed by atoms with van der Waals surface area (Å²) in [6.07, 6.45) is 0.778. The molecule has 0 saturated heterocycles. The Kier molecular flexibility index (Phi) is 5.37. The van der Waals surface area contributed by atoms with Gasteiger partial charge in [-0.25, -0.2) is 8.78 Å². The molecule has 0 fully saturated rings. The van der Waals surface area contributed by atoms with Crippen molar-refractivity contribution >= 4 is 16.9 Å². The van der Waals surface area contributed by atoms with Gasteiger partial charge in [0.15, 0.2) is 11.4 Å². The van der Waals surface area contributed by atoms with Gasteiger partial charge in [0.25, 0.3) is 6.43 Å². The number of hydrogen-bond donors (Lipinski definition) is 1. The van der Waals surface area contributed by atoms with E-state index in [1.165, 1.54) is 6.92 Å². The van der Waals surface area contributed by atoms with E-state index in [9.17, 15) is 8.78 Å². The van der Waals surface area contributed by atoms with Crippen molar-refractivity contribution in [3.63, 3.8) is 0 Å². The molecule has 0 heterocycles. The Hall–Kier alpha value is -0.830. The summed E-state index contributed by atoms with van der Waals surface area (Å²) in [6.45, 7) is 1.29. The van der Waals surface area contributed by atoms with Crippen LogP contribution in [0.15, 0.2) is 4.99 Å². The van der Waals surface area contributed by atoms with Crippen LogP contribution in [0.2, 0.25) is 0 Å². The van der Waals surface area contributed by atoms with Gasteiger partial charge in [-0.05, 0) is 13.2 Å². The van der Waals surface area contributed by atoms with Gasteiger partial charge in [0, 0.05) is 0 Å². The highest BCUT2D eigenvalue weighted by atomic mass is 32.2. The van der Waals surface area contributed by atoms with Gasteiger partial charge in [-0.3, -0.25) is 10.3 Å². The fourth-order valence-electron chi connectivity index (χ4n) is 0.425. The molecule has 0 spiro atoms. The maximum absolute atomic E-state index is 11.9. The molecule has 12 heavy (non-hydrogen) atoms. The van der Waals surface area contributed by atoms with Crippen LogP contribution in [0.4, 0.5) is 8.78 Å². The van der Waals surface area contributed by atoms with Gasteiger partial charge in [0.1, 0.15) is 6.04 Å². The highest BCUT2D eigenvalue weighted by Gasteiger charge is 2.13. The standard InChI is InChI=1S/C6H9F2N3S/c1-4(5(7)8)11-6(12-2)10-3-9/h4-5H,1-2H3,(H,10,11). The van der Waals surface area contributed by atoms with Crippen molar-refractivity contribution in [2.75, 3.05) is 6.26 Å². The summed E-state index contributed by atoms with van der Waals surface area (Å²) in [5.41, 5.74) is 0. The lowest BCUT2D eigenvalue weighted by Gasteiger charge is -2.05. The molecule has 0 aromatic rings. The number of amidine groups is 1. The van der Waals surface area contributed by atoms with Crippen LogP contribution >= 0.6 is 11.8 Å². The Bertz CT molecular complexity index is 199. The molecule has 68 valence electrons. The lowest BCUT2D eigenvalue weighted by atomic mass is 10.4. The van der Waals surface area contributed by atoms with Gasteiger partial charge in [-0.2, -0.15) is 5.26 Å². The molecule has 0 saturated carbocycles. The Morgan fingerprint density at radius 1 is 1.67 bits per heavy atom. The molecule has 0 radical (unpaired) electrons. The summed E-state index contributed by atoms with van der Waals surface area (Å²) in [7, 11) is 0. The zero-order chi connectivity index (χ0) is 9.56. The molecule has 1 unspecified atom stereocenters. The van der Waals surface area contributed by atoms with Gasteiger partial charge in [-0.15, -0.1) is 0 Å². The third kappa shape index (κ3) is 4.13. The van der Waals surface area contributed by atoms with Crippen molar-refractivity contribution in [1.29, 1.82) is 5.26 Å². The number of aliphatic imine (C=N–C) groups is 1. The minimum atomic E-state index is -2.49. The fourth-order valence-corrected chi connectivity index (χ4v) is 0.845. The summed E-state index contributed by atoms with van der Waals surface area (Å²) in [6, 6.07) is -1.08. The summed E-state index contributed by atoms with van der Waals surface area (Å²) in [4.78, 5) is 3.58. The zero-order valence-corrected chi connectivity index (χ0v) is 7.53. The van der Waals surface area contributed by atoms with Crippen molar-refractivity contribution in [3.05, 3.63) is 0 Å². The van der Waals surface area contributed by atoms with E-state index in [0.29, 0.717) is 0 Å². The highest BCUT2D eigenvalue weighted by molar-refractivity contribution is 8.13. The van der Waals surface area contributed by atoms with E-state index in [1.54, 1.807) is 12.4 Å². The number of nitriles is 1. The number of hydrogen-bond acceptors (Lipinski definition) is 3. The smallest absolute Gasteiger partial charge is 0.260 e. The van der Waals surface area contributed by atoms with Gasteiger partial charge >= 0.3 is 0 Å². The summed E-state index contributed by atoms with van der Waals surface area (Å²) in [5.74, 6) is 0. The number of nitrogens with one attached hydrogen (secondary N) is 1. The lowest BCUT2D eigenvalue weighted by Crippen LogP contribution is -2.19. The minimum Gasteiger partial charge on any atom is -0.272 e. The first-order valence-electron chi connectivity index (χ1n) is 3.16. The van der Waals surface area contributed by atoms with Crippen molar-refractivity contribution in [1.82, 2.24) is 5.32 Å². The average Bonchev–Trinajstić information content (AvgIpc) is 2.03. The van der Waals surface area contributed by atoms with Crippen LogP contribution in [0.3, 0.4) is 0 Å². The lowest BCUT2D eigenvalue weighted by molar-refractivity contribution is 0.124. The first-order chi connectivity index (χ1) is 5.61. The Morgan fingerprint density at radius 3 is 2.58 bits per heavy atom. The maximum atomic E-state index is 11.9. The molecule has 0 bridgehead atoms. The Balaban J connectivity index is 4.19. The molecule has 1 N–H and O–H groups in total. The van der Waals surface area contributed by atoms with E-state index in [-0.39, 0.29) is 5.17 Å². The van der Waals surface area contributed by atoms with Gasteiger partial charge in [0.05, 0.1) is 0 Å². The van der Waals surface area contributed by atoms with E-state index in [1.807, 2.05) is 0 Å². The quantitative estimate of drug-likeness (QED) is 0.312. The van der Waals surface area contributed by atoms with Crippen LogP contribution in [0.5, 0.6) is 0 Å². The zero-order valence-electron chi connectivity index (χ0n) is 6.71. The van der Waals surface area contributed by atoms with Crippen molar-refractivity contribution in [2.45, 2.75) is 19.4 Å². The van der Waals surface area contributed by atoms with E-state index in [0.717, 1.165) is 11.8 Å². The second kappa shape index (κ2) is 5.77. The van der Waals surface area contributed by atoms with Crippen molar-refractivity contribution in [3.8, 4) is 6.19 Å². The third-order valence-corrected chi connectivity index (χ3v) is 1.64. The first-order valence-corrected chi connectivity index (χ1v) is 4.39. The molecule has 0 aliphatic carbocycles. The number of halogens is 2. The first kappa shape index (κ1) is 11.2. The number of nitrogens with zero attached hydrogens (tertiary/aromatic N) is 2. The second-order valence-electron chi connectivity index (χ2n) is 1.95. The monoisotopic (exact) mass is 193 g/mol. The number of alkyl halides is 2. The molecule has 0 aliphatic rings. The van der Waals surface area contributed by atoms with Gasteiger partial charge in [0.2, 0.25) is 0 Å². The van der Waals surface area contributed by atoms with E-state index in [2.05, 4.69) is 10.3 Å². The average molecular weight is 193 g/mol. The van der Waals surface area contributed by atoms with Crippen molar-refractivity contribution < 1.29 is 8.78 Å². The van der Waals surface area contributed by atoms with Crippen LogP contribution in [-0.4, -0.2) is 23.9 Å². The molecule has 0 amide bonds. The van der Waals surface area contributed by atoms with Crippen LogP contribution in [0, 0.1) is 11.5 Å². The number of rotatable bonds is 2. The number of thioether (sulfide) groups is 1. The highest BCUT2D eigenvalue weighted by Crippen LogP contribution is 2.06. The summed E-state index contributed by atoms with van der Waals surface area (Å²) in [5, 5.41) is 10.6. The molecule has 1 atom stereocenters. The Labute approximate surface area is 73.9 Å². The fraction of sp³-hybridized carbons (Fsp3) is 0.667. The second-order valence-corrected chi connectivity index (χ2v) is 2.75. The molecule has 0 aliphatic heterocycles. The molecular weight excluding hydrogens is 184 g/mol. The van der Waals surface area contributed by atoms with Gasteiger partial charge in [-0.1, -0.05) is 11.8 Å². The Morgan fingerprint density at radius 2 is 2.25 bits per heavy atom. The topological polar surface area (TPSA) is 48.2 Å². The van der Waals surface area contributed by atoms with Crippen molar-refractivity contribution in [2.24, 2.45) is 4.99 Å². The molecule has 0 aromatic heterocycles. The summed E-state index contributed by atoms with van der Waals surface area (Å²) < 4.78 is 23.9. The van der Waals surface area contributed by atoms with E-state index in [4.69, 9.17) is 5.26 Å². The van der Waals surface area contributed by atoms with Crippen LogP contribution < -0.4 is 5.32 Å².